The Kier molecular flexibility index (Phi) is 5.02. The summed E-state index contributed by atoms with van der Waals surface area (Å²) in [4.78, 5) is 0. The molecule has 0 aliphatic heterocycles. The fourth-order valence-corrected chi connectivity index (χ4v) is 2.51. The fourth-order valence-electron chi connectivity index (χ4n) is 2.51. The first-order chi connectivity index (χ1) is 8.60. The molecule has 1 aromatic carbocycles. The van der Waals surface area contributed by atoms with Gasteiger partial charge in [0.1, 0.15) is 5.82 Å². The van der Waals surface area contributed by atoms with Gasteiger partial charge in [-0.15, -0.1) is 0 Å². The predicted octanol–water partition coefficient (Wildman–Crippen LogP) is 4.57. The Bertz CT molecular complexity index is 438. The van der Waals surface area contributed by atoms with Gasteiger partial charge in [0.05, 0.1) is 0 Å². The van der Waals surface area contributed by atoms with Crippen molar-refractivity contribution in [2.75, 3.05) is 0 Å². The summed E-state index contributed by atoms with van der Waals surface area (Å²) in [6.07, 6.45) is 1.48. The summed E-state index contributed by atoms with van der Waals surface area (Å²) in [5.74, 6) is -2.75. The average Bonchev–Trinajstić information content (AvgIpc) is 2.20. The van der Waals surface area contributed by atoms with Crippen LogP contribution in [-0.4, -0.2) is 0 Å². The van der Waals surface area contributed by atoms with Crippen molar-refractivity contribution in [1.29, 1.82) is 0 Å². The lowest BCUT2D eigenvalue weighted by atomic mass is 9.82. The van der Waals surface area contributed by atoms with Crippen LogP contribution in [0.2, 0.25) is 0 Å². The van der Waals surface area contributed by atoms with Crippen molar-refractivity contribution < 1.29 is 13.2 Å². The molecule has 1 nitrogen and oxygen atoms in total. The minimum atomic E-state index is -1.18. The Labute approximate surface area is 113 Å². The van der Waals surface area contributed by atoms with Gasteiger partial charge in [0.2, 0.25) is 0 Å². The highest BCUT2D eigenvalue weighted by Crippen LogP contribution is 2.30. The Morgan fingerprint density at radius 3 is 2.11 bits per heavy atom. The van der Waals surface area contributed by atoms with Gasteiger partial charge in [0.15, 0.2) is 11.6 Å². The lowest BCUT2D eigenvalue weighted by molar-refractivity contribution is 0.285. The second-order valence-corrected chi connectivity index (χ2v) is 6.50. The summed E-state index contributed by atoms with van der Waals surface area (Å²) in [5.41, 5.74) is 6.11. The maximum Gasteiger partial charge on any atom is 0.161 e. The maximum atomic E-state index is 13.6. The van der Waals surface area contributed by atoms with Crippen molar-refractivity contribution in [1.82, 2.24) is 0 Å². The van der Waals surface area contributed by atoms with Crippen LogP contribution in [-0.2, 0) is 0 Å². The van der Waals surface area contributed by atoms with Gasteiger partial charge in [0, 0.05) is 17.7 Å². The molecule has 1 rings (SSSR count). The zero-order chi connectivity index (χ0) is 14.8. The largest absolute Gasteiger partial charge is 0.324 e. The summed E-state index contributed by atoms with van der Waals surface area (Å²) in [7, 11) is 0. The first-order valence-corrected chi connectivity index (χ1v) is 6.50. The van der Waals surface area contributed by atoms with E-state index in [-0.39, 0.29) is 16.9 Å². The van der Waals surface area contributed by atoms with Crippen LogP contribution in [0.25, 0.3) is 0 Å². The fraction of sp³-hybridized carbons (Fsp3) is 0.600. The molecule has 0 aliphatic rings. The Balaban J connectivity index is 2.78. The van der Waals surface area contributed by atoms with E-state index in [1.54, 1.807) is 0 Å². The maximum absolute atomic E-state index is 13.6. The Hall–Kier alpha value is -1.03. The monoisotopic (exact) mass is 273 g/mol. The highest BCUT2D eigenvalue weighted by atomic mass is 19.2. The molecule has 0 fully saturated rings. The van der Waals surface area contributed by atoms with Gasteiger partial charge in [-0.3, -0.25) is 0 Å². The van der Waals surface area contributed by atoms with Crippen LogP contribution in [0.4, 0.5) is 13.2 Å². The molecule has 0 saturated heterocycles. The second-order valence-electron chi connectivity index (χ2n) is 6.50. The minimum Gasteiger partial charge on any atom is -0.324 e. The van der Waals surface area contributed by atoms with Crippen LogP contribution < -0.4 is 5.73 Å². The molecular formula is C15H22F3N. The van der Waals surface area contributed by atoms with Crippen molar-refractivity contribution >= 4 is 0 Å². The standard InChI is InChI=1S/C15H22F3N/c1-9(8-15(2,3)4)5-14(19)10-6-12(17)13(18)7-11(10)16/h6-7,9,14H,5,8,19H2,1-4H3. The van der Waals surface area contributed by atoms with Crippen LogP contribution in [0.5, 0.6) is 0 Å². The second kappa shape index (κ2) is 5.95. The quantitative estimate of drug-likeness (QED) is 0.799. The Morgan fingerprint density at radius 1 is 1.05 bits per heavy atom. The van der Waals surface area contributed by atoms with Crippen molar-refractivity contribution in [3.8, 4) is 0 Å². The van der Waals surface area contributed by atoms with Crippen LogP contribution in [0.15, 0.2) is 12.1 Å². The molecule has 0 heterocycles. The third kappa shape index (κ3) is 4.86. The summed E-state index contributed by atoms with van der Waals surface area (Å²) in [6.45, 7) is 8.39. The van der Waals surface area contributed by atoms with Gasteiger partial charge in [-0.25, -0.2) is 13.2 Å². The smallest absolute Gasteiger partial charge is 0.161 e. The van der Waals surface area contributed by atoms with E-state index in [1.165, 1.54) is 0 Å². The first kappa shape index (κ1) is 16.0. The van der Waals surface area contributed by atoms with Crippen LogP contribution in [0.1, 0.15) is 52.1 Å². The zero-order valence-electron chi connectivity index (χ0n) is 11.9. The number of hydrogen-bond acceptors (Lipinski definition) is 1. The van der Waals surface area contributed by atoms with E-state index in [4.69, 9.17) is 5.73 Å². The van der Waals surface area contributed by atoms with Gasteiger partial charge in [-0.1, -0.05) is 27.7 Å². The first-order valence-electron chi connectivity index (χ1n) is 6.50. The third-order valence-corrected chi connectivity index (χ3v) is 3.06. The van der Waals surface area contributed by atoms with Gasteiger partial charge in [-0.2, -0.15) is 0 Å². The number of halogens is 3. The molecule has 4 heteroatoms. The molecule has 0 saturated carbocycles. The molecule has 0 bridgehead atoms. The SMILES string of the molecule is CC(CC(N)c1cc(F)c(F)cc1F)CC(C)(C)C. The lowest BCUT2D eigenvalue weighted by Gasteiger charge is -2.25. The number of hydrogen-bond donors (Lipinski definition) is 1. The molecular weight excluding hydrogens is 251 g/mol. The molecule has 2 N–H and O–H groups in total. The molecule has 0 radical (unpaired) electrons. The predicted molar refractivity (Wildman–Crippen MR) is 71.1 cm³/mol. The zero-order valence-corrected chi connectivity index (χ0v) is 11.9. The van der Waals surface area contributed by atoms with Crippen molar-refractivity contribution in [3.05, 3.63) is 35.1 Å². The number of nitrogens with two attached hydrogens (primary N) is 1. The van der Waals surface area contributed by atoms with E-state index < -0.39 is 23.5 Å². The molecule has 0 amide bonds. The number of rotatable bonds is 4. The van der Waals surface area contributed by atoms with Gasteiger partial charge in [-0.05, 0) is 30.2 Å². The van der Waals surface area contributed by atoms with E-state index in [1.807, 2.05) is 6.92 Å². The van der Waals surface area contributed by atoms with E-state index in [0.29, 0.717) is 12.5 Å². The highest BCUT2D eigenvalue weighted by molar-refractivity contribution is 5.23. The average molecular weight is 273 g/mol. The van der Waals surface area contributed by atoms with Crippen LogP contribution in [0.3, 0.4) is 0 Å². The van der Waals surface area contributed by atoms with Gasteiger partial charge in [0.25, 0.3) is 0 Å². The summed E-state index contributed by atoms with van der Waals surface area (Å²) in [5, 5.41) is 0. The number of benzene rings is 1. The summed E-state index contributed by atoms with van der Waals surface area (Å²) < 4.78 is 39.6. The molecule has 2 atom stereocenters. The third-order valence-electron chi connectivity index (χ3n) is 3.06. The van der Waals surface area contributed by atoms with Gasteiger partial charge >= 0.3 is 0 Å². The summed E-state index contributed by atoms with van der Waals surface area (Å²) >= 11 is 0. The van der Waals surface area contributed by atoms with E-state index in [2.05, 4.69) is 20.8 Å². The van der Waals surface area contributed by atoms with Crippen molar-refractivity contribution in [2.24, 2.45) is 17.1 Å². The summed E-state index contributed by atoms with van der Waals surface area (Å²) in [6, 6.07) is 0.797. The van der Waals surface area contributed by atoms with Gasteiger partial charge < -0.3 is 5.73 Å². The van der Waals surface area contributed by atoms with E-state index in [0.717, 1.165) is 12.5 Å². The van der Waals surface area contributed by atoms with Crippen LogP contribution >= 0.6 is 0 Å². The topological polar surface area (TPSA) is 26.0 Å². The van der Waals surface area contributed by atoms with E-state index >= 15 is 0 Å². The molecule has 0 spiro atoms. The van der Waals surface area contributed by atoms with Crippen LogP contribution in [0, 0.1) is 28.8 Å². The normalized spacial score (nSPS) is 15.4. The van der Waals surface area contributed by atoms with Crippen molar-refractivity contribution in [3.63, 3.8) is 0 Å². The van der Waals surface area contributed by atoms with E-state index in [9.17, 15) is 13.2 Å². The molecule has 2 unspecified atom stereocenters. The Morgan fingerprint density at radius 2 is 1.58 bits per heavy atom. The lowest BCUT2D eigenvalue weighted by Crippen LogP contribution is -2.19. The highest BCUT2D eigenvalue weighted by Gasteiger charge is 2.21. The molecule has 0 aliphatic carbocycles. The van der Waals surface area contributed by atoms with Crippen molar-refractivity contribution in [2.45, 2.75) is 46.6 Å². The molecule has 1 aromatic rings. The molecule has 0 aromatic heterocycles. The minimum absolute atomic E-state index is 0.0414. The molecule has 19 heavy (non-hydrogen) atoms. The molecule has 108 valence electrons.